The van der Waals surface area contributed by atoms with Crippen LogP contribution in [0.25, 0.3) is 0 Å². The summed E-state index contributed by atoms with van der Waals surface area (Å²) in [4.78, 5) is 2.75. The van der Waals surface area contributed by atoms with E-state index in [0.29, 0.717) is 5.69 Å². The molecule has 7 nitrogen and oxygen atoms in total. The first kappa shape index (κ1) is 27.8. The van der Waals surface area contributed by atoms with Crippen molar-refractivity contribution in [2.75, 3.05) is 24.4 Å². The van der Waals surface area contributed by atoms with Crippen molar-refractivity contribution in [1.29, 1.82) is 0 Å². The molecule has 0 radical (unpaired) electrons. The highest BCUT2D eigenvalue weighted by atomic mass is 32.2. The van der Waals surface area contributed by atoms with Crippen LogP contribution in [-0.2, 0) is 26.1 Å². The number of sulfonamides is 1. The van der Waals surface area contributed by atoms with E-state index in [9.17, 15) is 13.5 Å². The Kier molecular flexibility index (Phi) is 9.32. The minimum atomic E-state index is -3.67. The summed E-state index contributed by atoms with van der Waals surface area (Å²) in [5, 5.41) is 9.46. The first-order valence-electron chi connectivity index (χ1n) is 13.9. The van der Waals surface area contributed by atoms with Gasteiger partial charge in [-0.1, -0.05) is 73.9 Å². The van der Waals surface area contributed by atoms with Crippen LogP contribution in [0.4, 0.5) is 5.69 Å². The number of hydrogen-bond acceptors (Lipinski definition) is 6. The topological polar surface area (TPSA) is 88.1 Å². The Morgan fingerprint density at radius 1 is 0.795 bits per heavy atom. The zero-order valence-corrected chi connectivity index (χ0v) is 23.1. The fourth-order valence-electron chi connectivity index (χ4n) is 5.34. The molecule has 2 aliphatic heterocycles. The zero-order valence-electron chi connectivity index (χ0n) is 22.2. The van der Waals surface area contributed by atoms with Gasteiger partial charge < -0.3 is 19.5 Å². The van der Waals surface area contributed by atoms with E-state index in [0.717, 1.165) is 42.7 Å². The van der Waals surface area contributed by atoms with Crippen molar-refractivity contribution in [2.24, 2.45) is 0 Å². The lowest BCUT2D eigenvalue weighted by Gasteiger charge is -2.38. The van der Waals surface area contributed by atoms with Crippen LogP contribution in [0.3, 0.4) is 0 Å². The molecular weight excluding hydrogens is 512 g/mol. The fourth-order valence-corrected chi connectivity index (χ4v) is 6.42. The number of aliphatic hydroxyl groups excluding tert-OH is 1. The van der Waals surface area contributed by atoms with Crippen LogP contribution < -0.4 is 4.72 Å². The number of anilines is 1. The smallest absolute Gasteiger partial charge is 0.261 e. The third kappa shape index (κ3) is 7.47. The van der Waals surface area contributed by atoms with Gasteiger partial charge >= 0.3 is 0 Å². The predicted molar refractivity (Wildman–Crippen MR) is 152 cm³/mol. The van der Waals surface area contributed by atoms with Crippen molar-refractivity contribution >= 4 is 15.7 Å². The van der Waals surface area contributed by atoms with Gasteiger partial charge in [-0.25, -0.2) is 8.42 Å². The SMILES string of the molecule is O=S(=O)(Nc1ccc([C@H]2O[C@@H](CN3CCCCCCC3)C[C@@H](c3ccc(CO)cc3)O2)cc1)c1ccccc1. The lowest BCUT2D eigenvalue weighted by atomic mass is 9.99. The maximum Gasteiger partial charge on any atom is 0.261 e. The third-order valence-electron chi connectivity index (χ3n) is 7.51. The summed E-state index contributed by atoms with van der Waals surface area (Å²) in [7, 11) is -3.67. The van der Waals surface area contributed by atoms with Crippen LogP contribution in [0.2, 0.25) is 0 Å². The van der Waals surface area contributed by atoms with Gasteiger partial charge in [-0.05, 0) is 61.3 Å². The van der Waals surface area contributed by atoms with Gasteiger partial charge in [0.1, 0.15) is 0 Å². The summed E-state index contributed by atoms with van der Waals surface area (Å²) >= 11 is 0. The molecule has 208 valence electrons. The first-order valence-corrected chi connectivity index (χ1v) is 15.4. The zero-order chi connectivity index (χ0) is 27.1. The van der Waals surface area contributed by atoms with Gasteiger partial charge in [-0.15, -0.1) is 0 Å². The van der Waals surface area contributed by atoms with E-state index < -0.39 is 16.3 Å². The lowest BCUT2D eigenvalue weighted by molar-refractivity contribution is -0.253. The molecule has 3 aromatic carbocycles. The molecule has 2 aliphatic rings. The van der Waals surface area contributed by atoms with E-state index in [1.165, 1.54) is 32.1 Å². The van der Waals surface area contributed by atoms with Crippen LogP contribution in [0.5, 0.6) is 0 Å². The molecule has 0 bridgehead atoms. The maximum absolute atomic E-state index is 12.7. The molecule has 2 N–H and O–H groups in total. The molecule has 0 saturated carbocycles. The number of ether oxygens (including phenoxy) is 2. The summed E-state index contributed by atoms with van der Waals surface area (Å²) in [5.41, 5.74) is 3.25. The summed E-state index contributed by atoms with van der Waals surface area (Å²) in [5.74, 6) is 0. The van der Waals surface area contributed by atoms with E-state index in [4.69, 9.17) is 9.47 Å². The van der Waals surface area contributed by atoms with E-state index in [2.05, 4.69) is 9.62 Å². The second-order valence-corrected chi connectivity index (χ2v) is 12.1. The Morgan fingerprint density at radius 3 is 2.10 bits per heavy atom. The van der Waals surface area contributed by atoms with Crippen molar-refractivity contribution in [3.05, 3.63) is 95.6 Å². The predicted octanol–water partition coefficient (Wildman–Crippen LogP) is 5.79. The minimum absolute atomic E-state index is 0.00181. The van der Waals surface area contributed by atoms with Crippen molar-refractivity contribution in [3.8, 4) is 0 Å². The molecule has 0 aliphatic carbocycles. The van der Waals surface area contributed by atoms with E-state index >= 15 is 0 Å². The van der Waals surface area contributed by atoms with Gasteiger partial charge in [-0.2, -0.15) is 0 Å². The van der Waals surface area contributed by atoms with Gasteiger partial charge in [0, 0.05) is 24.2 Å². The maximum atomic E-state index is 12.7. The van der Waals surface area contributed by atoms with Crippen molar-refractivity contribution < 1.29 is 23.0 Å². The van der Waals surface area contributed by atoms with E-state index in [1.807, 2.05) is 36.4 Å². The van der Waals surface area contributed by atoms with E-state index in [-0.39, 0.29) is 23.7 Å². The first-order chi connectivity index (χ1) is 19.0. The summed E-state index contributed by atoms with van der Waals surface area (Å²) in [6.45, 7) is 3.06. The Labute approximate surface area is 231 Å². The Bertz CT molecular complexity index is 1270. The quantitative estimate of drug-likeness (QED) is 0.369. The summed E-state index contributed by atoms with van der Waals surface area (Å²) < 4.78 is 41.1. The Hall–Kier alpha value is -2.75. The summed E-state index contributed by atoms with van der Waals surface area (Å²) in [6.07, 6.45) is 6.38. The number of hydrogen-bond donors (Lipinski definition) is 2. The lowest BCUT2D eigenvalue weighted by Crippen LogP contribution is -2.40. The third-order valence-corrected chi connectivity index (χ3v) is 8.91. The molecule has 39 heavy (non-hydrogen) atoms. The van der Waals surface area contributed by atoms with Crippen LogP contribution in [0.1, 0.15) is 67.6 Å². The van der Waals surface area contributed by atoms with Crippen molar-refractivity contribution in [1.82, 2.24) is 4.90 Å². The monoisotopic (exact) mass is 550 g/mol. The van der Waals surface area contributed by atoms with Crippen LogP contribution in [0, 0.1) is 0 Å². The molecule has 0 amide bonds. The van der Waals surface area contributed by atoms with Crippen LogP contribution in [0.15, 0.2) is 83.8 Å². The van der Waals surface area contributed by atoms with Gasteiger partial charge in [0.25, 0.3) is 10.0 Å². The van der Waals surface area contributed by atoms with Gasteiger partial charge in [0.15, 0.2) is 6.29 Å². The van der Waals surface area contributed by atoms with Crippen LogP contribution in [-0.4, -0.2) is 44.2 Å². The fraction of sp³-hybridized carbons (Fsp3) is 0.419. The highest BCUT2D eigenvalue weighted by Crippen LogP contribution is 2.38. The second-order valence-electron chi connectivity index (χ2n) is 10.5. The number of nitrogens with one attached hydrogen (secondary N) is 1. The molecule has 2 saturated heterocycles. The Balaban J connectivity index is 1.32. The Morgan fingerprint density at radius 2 is 1.44 bits per heavy atom. The van der Waals surface area contributed by atoms with Crippen molar-refractivity contribution in [3.63, 3.8) is 0 Å². The molecule has 0 spiro atoms. The van der Waals surface area contributed by atoms with Gasteiger partial charge in [-0.3, -0.25) is 4.72 Å². The molecular formula is C31H38N2O5S. The van der Waals surface area contributed by atoms with Crippen molar-refractivity contribution in [2.45, 2.75) is 68.5 Å². The molecule has 8 heteroatoms. The molecule has 3 aromatic rings. The molecule has 0 aromatic heterocycles. The van der Waals surface area contributed by atoms with Gasteiger partial charge in [0.2, 0.25) is 0 Å². The average molecular weight is 551 g/mol. The highest BCUT2D eigenvalue weighted by molar-refractivity contribution is 7.92. The van der Waals surface area contributed by atoms with E-state index in [1.54, 1.807) is 42.5 Å². The standard InChI is InChI=1S/C31H38N2O5S/c34-23-24-11-13-25(14-12-24)30-21-28(22-33-19-7-2-1-3-8-20-33)37-31(38-30)26-15-17-27(18-16-26)32-39(35,36)29-9-5-4-6-10-29/h4-6,9-18,28,30-32,34H,1-3,7-8,19-23H2/t28-,30+,31+/m1/s1. The number of likely N-dealkylation sites (tertiary alicyclic amines) is 1. The van der Waals surface area contributed by atoms with Crippen LogP contribution >= 0.6 is 0 Å². The highest BCUT2D eigenvalue weighted by Gasteiger charge is 2.33. The molecule has 0 unspecified atom stereocenters. The number of benzene rings is 3. The number of rotatable bonds is 8. The van der Waals surface area contributed by atoms with Gasteiger partial charge in [0.05, 0.1) is 23.7 Å². The molecule has 2 fully saturated rings. The number of aliphatic hydroxyl groups is 1. The average Bonchev–Trinajstić information content (AvgIpc) is 2.95. The summed E-state index contributed by atoms with van der Waals surface area (Å²) in [6, 6.07) is 23.4. The second kappa shape index (κ2) is 13.1. The minimum Gasteiger partial charge on any atom is -0.392 e. The normalized spacial score (nSPS) is 23.1. The largest absolute Gasteiger partial charge is 0.392 e. The number of nitrogens with zero attached hydrogens (tertiary/aromatic N) is 1. The molecule has 2 heterocycles. The molecule has 3 atom stereocenters. The molecule has 5 rings (SSSR count).